The van der Waals surface area contributed by atoms with Crippen LogP contribution in [0.25, 0.3) is 11.1 Å². The summed E-state index contributed by atoms with van der Waals surface area (Å²) in [6.07, 6.45) is -6.91. The van der Waals surface area contributed by atoms with Crippen molar-refractivity contribution in [3.8, 4) is 16.9 Å². The summed E-state index contributed by atoms with van der Waals surface area (Å²) >= 11 is 0. The molecule has 3 nitrogen and oxygen atoms in total. The number of halogens is 6. The molecule has 0 heterocycles. The van der Waals surface area contributed by atoms with Gasteiger partial charge >= 0.3 is 6.11 Å². The van der Waals surface area contributed by atoms with E-state index in [1.54, 1.807) is 20.8 Å². The summed E-state index contributed by atoms with van der Waals surface area (Å²) in [6, 6.07) is 4.16. The fraction of sp³-hybridized carbons (Fsp3) is 0.360. The first kappa shape index (κ1) is 25.5. The summed E-state index contributed by atoms with van der Waals surface area (Å²) in [7, 11) is 0. The number of hydrogen-bond donors (Lipinski definition) is 0. The van der Waals surface area contributed by atoms with Crippen molar-refractivity contribution in [2.24, 2.45) is 0 Å². The van der Waals surface area contributed by atoms with Gasteiger partial charge in [0.25, 0.3) is 0 Å². The molecular weight excluding hydrogens is 462 g/mol. The Morgan fingerprint density at radius 1 is 0.853 bits per heavy atom. The van der Waals surface area contributed by atoms with Gasteiger partial charge in [0.1, 0.15) is 17.1 Å². The van der Waals surface area contributed by atoms with Crippen LogP contribution in [-0.4, -0.2) is 13.2 Å². The molecule has 3 rings (SSSR count). The van der Waals surface area contributed by atoms with Gasteiger partial charge in [0.05, 0.1) is 19.0 Å². The fourth-order valence-electron chi connectivity index (χ4n) is 3.76. The summed E-state index contributed by atoms with van der Waals surface area (Å²) < 4.78 is 104. The van der Waals surface area contributed by atoms with Crippen LogP contribution < -0.4 is 4.74 Å². The second-order valence-corrected chi connectivity index (χ2v) is 7.57. The van der Waals surface area contributed by atoms with Crippen molar-refractivity contribution < 1.29 is 40.6 Å². The third-order valence-electron chi connectivity index (χ3n) is 5.25. The number of alkyl halides is 4. The Bertz CT molecular complexity index is 1130. The SMILES string of the molecule is CCO/C(C)=C/C=C(\C)OC(F)(F)c1ccc2c(c1F)C(F)C(F)c1c-2ccc(OCC)c1F. The van der Waals surface area contributed by atoms with Crippen LogP contribution in [0.3, 0.4) is 0 Å². The van der Waals surface area contributed by atoms with Crippen LogP contribution in [0.2, 0.25) is 0 Å². The molecule has 2 aromatic carbocycles. The molecule has 0 saturated carbocycles. The fourth-order valence-corrected chi connectivity index (χ4v) is 3.76. The lowest BCUT2D eigenvalue weighted by molar-refractivity contribution is -0.225. The quantitative estimate of drug-likeness (QED) is 0.215. The van der Waals surface area contributed by atoms with E-state index < -0.39 is 46.8 Å². The van der Waals surface area contributed by atoms with E-state index in [1.807, 2.05) is 0 Å². The first-order valence-corrected chi connectivity index (χ1v) is 10.6. The second kappa shape index (κ2) is 10.0. The highest BCUT2D eigenvalue weighted by atomic mass is 19.3. The van der Waals surface area contributed by atoms with Gasteiger partial charge in [0, 0.05) is 11.1 Å². The standard InChI is InChI=1S/C25H24F6O3/c1-5-32-13(3)7-8-14(4)34-25(30,31)17-11-9-15-16-10-12-18(33-6-2)22(27)20(16)24(29)23(28)19(15)21(17)26/h7-12,23-24H,5-6H2,1-4H3/b13-7+,14-8+. The minimum absolute atomic E-state index is 0.0875. The van der Waals surface area contributed by atoms with E-state index in [0.29, 0.717) is 18.4 Å². The Morgan fingerprint density at radius 3 is 2.00 bits per heavy atom. The zero-order chi connectivity index (χ0) is 25.2. The van der Waals surface area contributed by atoms with Crippen LogP contribution in [0.4, 0.5) is 26.3 Å². The van der Waals surface area contributed by atoms with Gasteiger partial charge in [-0.25, -0.2) is 17.6 Å². The van der Waals surface area contributed by atoms with Crippen molar-refractivity contribution in [3.05, 3.63) is 76.3 Å². The van der Waals surface area contributed by atoms with Crippen molar-refractivity contribution in [2.45, 2.75) is 46.1 Å². The monoisotopic (exact) mass is 486 g/mol. The normalized spacial score (nSPS) is 18.3. The predicted molar refractivity (Wildman–Crippen MR) is 115 cm³/mol. The zero-order valence-corrected chi connectivity index (χ0v) is 19.0. The molecule has 0 bridgehead atoms. The molecule has 0 saturated heterocycles. The van der Waals surface area contributed by atoms with Gasteiger partial charge in [0.2, 0.25) is 0 Å². The average molecular weight is 486 g/mol. The first-order chi connectivity index (χ1) is 16.0. The summed E-state index contributed by atoms with van der Waals surface area (Å²) in [4.78, 5) is 0. The largest absolute Gasteiger partial charge is 0.499 e. The van der Waals surface area contributed by atoms with Gasteiger partial charge in [-0.3, -0.25) is 0 Å². The number of fused-ring (bicyclic) bond motifs is 3. The average Bonchev–Trinajstić information content (AvgIpc) is 2.77. The topological polar surface area (TPSA) is 27.7 Å². The minimum Gasteiger partial charge on any atom is -0.499 e. The van der Waals surface area contributed by atoms with Crippen LogP contribution in [0.15, 0.2) is 47.9 Å². The molecule has 2 aromatic rings. The van der Waals surface area contributed by atoms with Crippen molar-refractivity contribution in [1.29, 1.82) is 0 Å². The summed E-state index contributed by atoms with van der Waals surface area (Å²) in [5, 5.41) is 0. The Hall–Kier alpha value is -3.10. The maximum absolute atomic E-state index is 15.2. The number of rotatable bonds is 8. The van der Waals surface area contributed by atoms with E-state index in [-0.39, 0.29) is 29.2 Å². The molecule has 2 atom stereocenters. The lowest BCUT2D eigenvalue weighted by Gasteiger charge is -2.29. The third-order valence-corrected chi connectivity index (χ3v) is 5.25. The van der Waals surface area contributed by atoms with Crippen LogP contribution in [0.5, 0.6) is 5.75 Å². The molecule has 0 fully saturated rings. The van der Waals surface area contributed by atoms with Gasteiger partial charge in [-0.2, -0.15) is 8.78 Å². The van der Waals surface area contributed by atoms with E-state index in [2.05, 4.69) is 4.74 Å². The maximum atomic E-state index is 15.2. The Morgan fingerprint density at radius 2 is 1.41 bits per heavy atom. The van der Waals surface area contributed by atoms with Gasteiger partial charge in [-0.05, 0) is 63.1 Å². The van der Waals surface area contributed by atoms with Crippen molar-refractivity contribution in [3.63, 3.8) is 0 Å². The highest BCUT2D eigenvalue weighted by Gasteiger charge is 2.44. The van der Waals surface area contributed by atoms with Gasteiger partial charge in [0.15, 0.2) is 23.9 Å². The smallest absolute Gasteiger partial charge is 0.429 e. The van der Waals surface area contributed by atoms with Crippen LogP contribution in [-0.2, 0) is 15.6 Å². The molecule has 0 amide bonds. The van der Waals surface area contributed by atoms with Crippen LogP contribution in [0.1, 0.15) is 56.7 Å². The number of benzene rings is 2. The van der Waals surface area contributed by atoms with Crippen LogP contribution >= 0.6 is 0 Å². The molecule has 34 heavy (non-hydrogen) atoms. The predicted octanol–water partition coefficient (Wildman–Crippen LogP) is 7.98. The second-order valence-electron chi connectivity index (χ2n) is 7.57. The van der Waals surface area contributed by atoms with E-state index in [0.717, 1.165) is 6.07 Å². The van der Waals surface area contributed by atoms with Crippen molar-refractivity contribution in [1.82, 2.24) is 0 Å². The Balaban J connectivity index is 2.04. The maximum Gasteiger partial charge on any atom is 0.429 e. The lowest BCUT2D eigenvalue weighted by Crippen LogP contribution is -2.23. The molecule has 0 aliphatic heterocycles. The molecule has 0 N–H and O–H groups in total. The molecule has 0 spiro atoms. The summed E-state index contributed by atoms with van der Waals surface area (Å²) in [5.41, 5.74) is -3.19. The number of hydrogen-bond acceptors (Lipinski definition) is 3. The highest BCUT2D eigenvalue weighted by molar-refractivity contribution is 5.76. The van der Waals surface area contributed by atoms with Gasteiger partial charge in [-0.15, -0.1) is 0 Å². The van der Waals surface area contributed by atoms with Crippen molar-refractivity contribution >= 4 is 0 Å². The highest BCUT2D eigenvalue weighted by Crippen LogP contribution is 2.52. The van der Waals surface area contributed by atoms with Gasteiger partial charge in [-0.1, -0.05) is 12.1 Å². The number of ether oxygens (including phenoxy) is 3. The molecular formula is C25H24F6O3. The van der Waals surface area contributed by atoms with Gasteiger partial charge < -0.3 is 14.2 Å². The zero-order valence-electron chi connectivity index (χ0n) is 19.0. The van der Waals surface area contributed by atoms with Crippen LogP contribution in [0, 0.1) is 11.6 Å². The van der Waals surface area contributed by atoms with E-state index >= 15 is 4.39 Å². The number of allylic oxidation sites excluding steroid dienone is 4. The van der Waals surface area contributed by atoms with E-state index in [1.165, 1.54) is 31.2 Å². The van der Waals surface area contributed by atoms with Crippen molar-refractivity contribution in [2.75, 3.05) is 13.2 Å². The molecule has 2 unspecified atom stereocenters. The van der Waals surface area contributed by atoms with E-state index in [4.69, 9.17) is 9.47 Å². The molecule has 0 aromatic heterocycles. The molecule has 1 aliphatic carbocycles. The van der Waals surface area contributed by atoms with E-state index in [9.17, 15) is 22.0 Å². The lowest BCUT2D eigenvalue weighted by atomic mass is 9.81. The minimum atomic E-state index is -4.19. The summed E-state index contributed by atoms with van der Waals surface area (Å²) in [6.45, 7) is 6.65. The molecule has 184 valence electrons. The molecule has 1 aliphatic rings. The Kier molecular flexibility index (Phi) is 7.53. The first-order valence-electron chi connectivity index (χ1n) is 10.6. The summed E-state index contributed by atoms with van der Waals surface area (Å²) in [5.74, 6) is -2.88. The Labute approximate surface area is 193 Å². The molecule has 9 heteroatoms. The molecule has 0 radical (unpaired) electrons. The third kappa shape index (κ3) is 4.74.